The summed E-state index contributed by atoms with van der Waals surface area (Å²) in [5, 5.41) is 8.39. The minimum atomic E-state index is -3.54. The molecule has 0 aliphatic carbocycles. The summed E-state index contributed by atoms with van der Waals surface area (Å²) in [6, 6.07) is 6.68. The summed E-state index contributed by atoms with van der Waals surface area (Å²) in [4.78, 5) is 10.5. The van der Waals surface area contributed by atoms with Gasteiger partial charge in [0.15, 0.2) is 0 Å². The zero-order valence-corrected chi connectivity index (χ0v) is 11.4. The number of carboxylic acids is 1. The van der Waals surface area contributed by atoms with Crippen molar-refractivity contribution in [3.05, 3.63) is 29.8 Å². The fourth-order valence-corrected chi connectivity index (χ4v) is 2.70. The second-order valence-corrected chi connectivity index (χ2v) is 5.65. The molecule has 2 N–H and O–H groups in total. The van der Waals surface area contributed by atoms with Crippen LogP contribution >= 0.6 is 0 Å². The number of carboxylic acid groups (broad SMARTS) is 1. The molecule has 0 radical (unpaired) electrons. The zero-order valence-electron chi connectivity index (χ0n) is 10.6. The van der Waals surface area contributed by atoms with Gasteiger partial charge in [0.05, 0.1) is 24.5 Å². The smallest absolute Gasteiger partial charge is 0.305 e. The van der Waals surface area contributed by atoms with Crippen molar-refractivity contribution in [2.24, 2.45) is 0 Å². The average molecular weight is 287 g/mol. The van der Waals surface area contributed by atoms with Crippen molar-refractivity contribution >= 4 is 16.0 Å². The summed E-state index contributed by atoms with van der Waals surface area (Å²) in [5.41, 5.74) is 0.668. The van der Waals surface area contributed by atoms with Crippen molar-refractivity contribution in [2.45, 2.75) is 18.2 Å². The lowest BCUT2D eigenvalue weighted by molar-refractivity contribution is -0.138. The molecule has 0 amide bonds. The Bertz CT molecular complexity index is 527. The molecule has 106 valence electrons. The Morgan fingerprint density at radius 3 is 2.63 bits per heavy atom. The monoisotopic (exact) mass is 287 g/mol. The second-order valence-electron chi connectivity index (χ2n) is 3.92. The Morgan fingerprint density at radius 1 is 1.32 bits per heavy atom. The topological polar surface area (TPSA) is 92.7 Å². The highest BCUT2D eigenvalue weighted by Gasteiger charge is 2.15. The van der Waals surface area contributed by atoms with Crippen LogP contribution in [0, 0.1) is 6.92 Å². The van der Waals surface area contributed by atoms with Gasteiger partial charge < -0.3 is 9.84 Å². The molecule has 0 aliphatic rings. The Hall–Kier alpha value is -1.44. The molecule has 0 saturated carbocycles. The van der Waals surface area contributed by atoms with Crippen molar-refractivity contribution in [1.29, 1.82) is 0 Å². The lowest BCUT2D eigenvalue weighted by Crippen LogP contribution is -2.28. The van der Waals surface area contributed by atoms with Crippen LogP contribution in [0.2, 0.25) is 0 Å². The number of hydrogen-bond acceptors (Lipinski definition) is 4. The fraction of sp³-hybridized carbons (Fsp3) is 0.417. The summed E-state index contributed by atoms with van der Waals surface area (Å²) in [6.45, 7) is 2.04. The second kappa shape index (κ2) is 7.22. The minimum absolute atomic E-state index is 0.0709. The highest BCUT2D eigenvalue weighted by molar-refractivity contribution is 7.89. The molecule has 0 unspecified atom stereocenters. The molecule has 0 spiro atoms. The Labute approximate surface area is 112 Å². The van der Waals surface area contributed by atoms with Crippen LogP contribution in [0.15, 0.2) is 29.2 Å². The van der Waals surface area contributed by atoms with Crippen molar-refractivity contribution in [2.75, 3.05) is 19.8 Å². The quantitative estimate of drug-likeness (QED) is 0.689. The summed E-state index contributed by atoms with van der Waals surface area (Å²) in [6.07, 6.45) is -0.0927. The Kier molecular flexibility index (Phi) is 5.94. The van der Waals surface area contributed by atoms with Crippen LogP contribution in [0.4, 0.5) is 0 Å². The predicted molar refractivity (Wildman–Crippen MR) is 69.4 cm³/mol. The molecule has 19 heavy (non-hydrogen) atoms. The van der Waals surface area contributed by atoms with Crippen molar-refractivity contribution < 1.29 is 23.1 Å². The lowest BCUT2D eigenvalue weighted by Gasteiger charge is -2.09. The number of hydrogen-bond donors (Lipinski definition) is 2. The number of aliphatic carboxylic acids is 1. The summed E-state index contributed by atoms with van der Waals surface area (Å²) < 4.78 is 31.3. The first-order chi connectivity index (χ1) is 8.93. The van der Waals surface area contributed by atoms with Crippen LogP contribution in [-0.2, 0) is 19.6 Å². The molecule has 0 atom stereocenters. The molecule has 0 aliphatic heterocycles. The Morgan fingerprint density at radius 2 is 2.00 bits per heavy atom. The van der Waals surface area contributed by atoms with Crippen LogP contribution in [0.25, 0.3) is 0 Å². The van der Waals surface area contributed by atoms with E-state index in [2.05, 4.69) is 4.72 Å². The normalized spacial score (nSPS) is 11.4. The van der Waals surface area contributed by atoms with E-state index in [1.807, 2.05) is 0 Å². The molecule has 0 aromatic heterocycles. The third kappa shape index (κ3) is 5.37. The number of ether oxygens (including phenoxy) is 1. The fourth-order valence-electron chi connectivity index (χ4n) is 1.45. The number of nitrogens with one attached hydrogen (secondary N) is 1. The van der Waals surface area contributed by atoms with E-state index in [1.54, 1.807) is 25.1 Å². The van der Waals surface area contributed by atoms with E-state index in [9.17, 15) is 13.2 Å². The SMILES string of the molecule is Cc1ccccc1S(=O)(=O)NCCOCCC(=O)O. The van der Waals surface area contributed by atoms with Gasteiger partial charge in [-0.05, 0) is 18.6 Å². The van der Waals surface area contributed by atoms with Crippen molar-refractivity contribution in [3.63, 3.8) is 0 Å². The maximum Gasteiger partial charge on any atom is 0.305 e. The molecule has 1 rings (SSSR count). The number of rotatable bonds is 8. The van der Waals surface area contributed by atoms with Crippen molar-refractivity contribution in [3.8, 4) is 0 Å². The van der Waals surface area contributed by atoms with Gasteiger partial charge in [-0.2, -0.15) is 0 Å². The van der Waals surface area contributed by atoms with E-state index in [0.29, 0.717) is 5.56 Å². The lowest BCUT2D eigenvalue weighted by atomic mass is 10.2. The Balaban J connectivity index is 2.40. The third-order valence-corrected chi connectivity index (χ3v) is 4.00. The van der Waals surface area contributed by atoms with Gasteiger partial charge in [-0.15, -0.1) is 0 Å². The highest BCUT2D eigenvalue weighted by atomic mass is 32.2. The van der Waals surface area contributed by atoms with E-state index in [0.717, 1.165) is 0 Å². The maximum atomic E-state index is 11.9. The first kappa shape index (κ1) is 15.6. The summed E-state index contributed by atoms with van der Waals surface area (Å²) in [5.74, 6) is -0.944. The summed E-state index contributed by atoms with van der Waals surface area (Å²) >= 11 is 0. The van der Waals surface area contributed by atoms with Crippen LogP contribution in [-0.4, -0.2) is 39.3 Å². The van der Waals surface area contributed by atoms with Gasteiger partial charge in [0.2, 0.25) is 10.0 Å². The molecular formula is C12H17NO5S. The third-order valence-electron chi connectivity index (χ3n) is 2.38. The average Bonchev–Trinajstić information content (AvgIpc) is 2.33. The molecule has 1 aromatic rings. The van der Waals surface area contributed by atoms with Crippen molar-refractivity contribution in [1.82, 2.24) is 4.72 Å². The van der Waals surface area contributed by atoms with E-state index in [-0.39, 0.29) is 31.1 Å². The molecule has 0 heterocycles. The maximum absolute atomic E-state index is 11.9. The van der Waals surface area contributed by atoms with Gasteiger partial charge in [-0.3, -0.25) is 4.79 Å². The first-order valence-corrected chi connectivity index (χ1v) is 7.26. The van der Waals surface area contributed by atoms with Crippen LogP contribution in [0.1, 0.15) is 12.0 Å². The molecule has 6 nitrogen and oxygen atoms in total. The zero-order chi connectivity index (χ0) is 14.3. The number of aryl methyl sites for hydroxylation is 1. The standard InChI is InChI=1S/C12H17NO5S/c1-10-4-2-3-5-11(10)19(16,17)13-7-9-18-8-6-12(14)15/h2-5,13H,6-9H2,1H3,(H,14,15). The van der Waals surface area contributed by atoms with E-state index in [4.69, 9.17) is 9.84 Å². The number of benzene rings is 1. The van der Waals surface area contributed by atoms with Crippen LogP contribution in [0.5, 0.6) is 0 Å². The molecule has 0 fully saturated rings. The van der Waals surface area contributed by atoms with Gasteiger partial charge in [0.25, 0.3) is 0 Å². The largest absolute Gasteiger partial charge is 0.481 e. The molecule has 0 bridgehead atoms. The summed E-state index contributed by atoms with van der Waals surface area (Å²) in [7, 11) is -3.54. The highest BCUT2D eigenvalue weighted by Crippen LogP contribution is 2.13. The van der Waals surface area contributed by atoms with Gasteiger partial charge in [0.1, 0.15) is 0 Å². The van der Waals surface area contributed by atoms with E-state index >= 15 is 0 Å². The van der Waals surface area contributed by atoms with E-state index < -0.39 is 16.0 Å². The van der Waals surface area contributed by atoms with E-state index in [1.165, 1.54) is 6.07 Å². The van der Waals surface area contributed by atoms with Crippen LogP contribution < -0.4 is 4.72 Å². The van der Waals surface area contributed by atoms with Gasteiger partial charge >= 0.3 is 5.97 Å². The van der Waals surface area contributed by atoms with Gasteiger partial charge in [-0.1, -0.05) is 18.2 Å². The predicted octanol–water partition coefficient (Wildman–Crippen LogP) is 0.765. The molecule has 0 saturated heterocycles. The van der Waals surface area contributed by atoms with Gasteiger partial charge in [-0.25, -0.2) is 13.1 Å². The molecular weight excluding hydrogens is 270 g/mol. The molecule has 1 aromatic carbocycles. The first-order valence-electron chi connectivity index (χ1n) is 5.78. The van der Waals surface area contributed by atoms with Crippen LogP contribution in [0.3, 0.4) is 0 Å². The number of sulfonamides is 1. The number of carbonyl (C=O) groups is 1. The van der Waals surface area contributed by atoms with Gasteiger partial charge in [0, 0.05) is 6.54 Å². The molecule has 7 heteroatoms. The minimum Gasteiger partial charge on any atom is -0.481 e.